The predicted molar refractivity (Wildman–Crippen MR) is 83.9 cm³/mol. The minimum absolute atomic E-state index is 0. The molecular weight excluding hydrogens is 234 g/mol. The number of likely N-dealkylation sites (N-methyl/N-ethyl adjacent to an activating group) is 1. The van der Waals surface area contributed by atoms with E-state index in [4.69, 9.17) is 0 Å². The summed E-state index contributed by atoms with van der Waals surface area (Å²) in [5.74, 6) is 0.0655. The number of nitrogens with one attached hydrogen (secondary N) is 1. The number of rotatable bonds is 3. The van der Waals surface area contributed by atoms with Gasteiger partial charge in [-0.3, -0.25) is 4.79 Å². The summed E-state index contributed by atoms with van der Waals surface area (Å²) in [5, 5.41) is 2.88. The van der Waals surface area contributed by atoms with Gasteiger partial charge in [-0.25, -0.2) is 0 Å². The van der Waals surface area contributed by atoms with Crippen LogP contribution in [0.3, 0.4) is 0 Å². The molecule has 0 bridgehead atoms. The van der Waals surface area contributed by atoms with Crippen molar-refractivity contribution in [1.82, 2.24) is 5.32 Å². The van der Waals surface area contributed by atoms with Gasteiger partial charge in [0.2, 0.25) is 5.91 Å². The molecule has 0 saturated heterocycles. The van der Waals surface area contributed by atoms with Gasteiger partial charge in [-0.2, -0.15) is 0 Å². The number of allylic oxidation sites excluding steroid dienone is 3. The van der Waals surface area contributed by atoms with E-state index < -0.39 is 0 Å². The van der Waals surface area contributed by atoms with Crippen LogP contribution in [-0.2, 0) is 4.79 Å². The van der Waals surface area contributed by atoms with Gasteiger partial charge in [0.05, 0.1) is 0 Å². The minimum Gasteiger partial charge on any atom is -0.353 e. The van der Waals surface area contributed by atoms with E-state index in [1.165, 1.54) is 0 Å². The molecule has 0 unspecified atom stereocenters. The van der Waals surface area contributed by atoms with E-state index in [1.54, 1.807) is 0 Å². The molecule has 0 spiro atoms. The first kappa shape index (κ1) is 15.2. The van der Waals surface area contributed by atoms with E-state index in [0.717, 1.165) is 29.6 Å². The summed E-state index contributed by atoms with van der Waals surface area (Å²) < 4.78 is 0. The fraction of sp³-hybridized carbons (Fsp3) is 0.353. The van der Waals surface area contributed by atoms with Gasteiger partial charge in [-0.1, -0.05) is 56.3 Å². The number of carbonyl (C=O) groups excluding carboxylic acids is 1. The Hall–Kier alpha value is -1.83. The van der Waals surface area contributed by atoms with Crippen molar-refractivity contribution in [3.8, 4) is 0 Å². The Bertz CT molecular complexity index is 463. The van der Waals surface area contributed by atoms with Gasteiger partial charge in [0, 0.05) is 13.5 Å². The second-order valence-electron chi connectivity index (χ2n) is 4.06. The maximum absolute atomic E-state index is 12.0. The first-order chi connectivity index (χ1) is 9.33. The number of hydrogen-bond acceptors (Lipinski definition) is 1. The Kier molecular flexibility index (Phi) is 6.65. The molecule has 1 aliphatic rings. The summed E-state index contributed by atoms with van der Waals surface area (Å²) in [6.45, 7) is 6.62. The molecule has 1 amide bonds. The van der Waals surface area contributed by atoms with Crippen LogP contribution in [0, 0.1) is 0 Å². The summed E-state index contributed by atoms with van der Waals surface area (Å²) in [4.78, 5) is 12.0. The molecule has 104 valence electrons. The molecule has 1 aliphatic carbocycles. The largest absolute Gasteiger partial charge is 0.353 e. The van der Waals surface area contributed by atoms with Gasteiger partial charge in [-0.05, 0) is 30.9 Å². The van der Waals surface area contributed by atoms with Crippen LogP contribution in [0.5, 0.6) is 0 Å². The van der Waals surface area contributed by atoms with E-state index in [1.807, 2.05) is 51.1 Å². The maximum atomic E-state index is 12.0. The Balaban J connectivity index is 0.00000115. The molecule has 0 fully saturated rings. The van der Waals surface area contributed by atoms with Crippen molar-refractivity contribution in [3.05, 3.63) is 53.6 Å². The van der Waals surface area contributed by atoms with Crippen molar-refractivity contribution >= 4 is 11.5 Å². The topological polar surface area (TPSA) is 29.1 Å². The molecule has 0 aromatic heterocycles. The number of hydrogen-bond donors (Lipinski definition) is 1. The van der Waals surface area contributed by atoms with Crippen LogP contribution in [0.1, 0.15) is 40.6 Å². The second-order valence-corrected chi connectivity index (χ2v) is 4.06. The Morgan fingerprint density at radius 2 is 1.95 bits per heavy atom. The summed E-state index contributed by atoms with van der Waals surface area (Å²) >= 11 is 0. The van der Waals surface area contributed by atoms with Crippen LogP contribution in [0.15, 0.2) is 48.1 Å². The molecule has 1 aromatic rings. The fourth-order valence-electron chi connectivity index (χ4n) is 2.06. The van der Waals surface area contributed by atoms with Crippen molar-refractivity contribution in [2.45, 2.75) is 33.6 Å². The Morgan fingerprint density at radius 1 is 1.26 bits per heavy atom. The molecule has 1 N–H and O–H groups in total. The molecule has 0 saturated carbocycles. The normalized spacial score (nSPS) is 13.6. The number of benzene rings is 1. The van der Waals surface area contributed by atoms with Crippen molar-refractivity contribution in [2.24, 2.45) is 0 Å². The number of carbonyl (C=O) groups is 1. The fourth-order valence-corrected chi connectivity index (χ4v) is 2.06. The highest BCUT2D eigenvalue weighted by Gasteiger charge is 2.16. The Labute approximate surface area is 117 Å². The number of amides is 1. The quantitative estimate of drug-likeness (QED) is 0.866. The van der Waals surface area contributed by atoms with Gasteiger partial charge in [0.1, 0.15) is 0 Å². The van der Waals surface area contributed by atoms with E-state index in [2.05, 4.69) is 17.5 Å². The molecular formula is C17H25NO. The molecule has 1 aromatic carbocycles. The van der Waals surface area contributed by atoms with Crippen LogP contribution in [-0.4, -0.2) is 12.5 Å². The predicted octanol–water partition coefficient (Wildman–Crippen LogP) is 4.20. The molecule has 0 atom stereocenters. The van der Waals surface area contributed by atoms with E-state index in [0.29, 0.717) is 6.54 Å². The lowest BCUT2D eigenvalue weighted by Gasteiger charge is -2.15. The first-order valence-corrected chi connectivity index (χ1v) is 7.06. The molecule has 0 radical (unpaired) electrons. The van der Waals surface area contributed by atoms with Crippen molar-refractivity contribution in [2.75, 3.05) is 6.54 Å². The van der Waals surface area contributed by atoms with Crippen LogP contribution in [0.2, 0.25) is 0 Å². The molecule has 2 rings (SSSR count). The van der Waals surface area contributed by atoms with E-state index in [9.17, 15) is 4.79 Å². The van der Waals surface area contributed by atoms with Gasteiger partial charge in [0.25, 0.3) is 0 Å². The highest BCUT2D eigenvalue weighted by atomic mass is 16.1. The highest BCUT2D eigenvalue weighted by Crippen LogP contribution is 2.27. The van der Waals surface area contributed by atoms with Crippen molar-refractivity contribution in [1.29, 1.82) is 0 Å². The maximum Gasteiger partial charge on any atom is 0.247 e. The van der Waals surface area contributed by atoms with Crippen LogP contribution < -0.4 is 5.32 Å². The van der Waals surface area contributed by atoms with Crippen LogP contribution in [0.25, 0.3) is 5.57 Å². The van der Waals surface area contributed by atoms with Gasteiger partial charge >= 0.3 is 0 Å². The van der Waals surface area contributed by atoms with Gasteiger partial charge < -0.3 is 5.32 Å². The van der Waals surface area contributed by atoms with Crippen molar-refractivity contribution < 1.29 is 6.22 Å². The second kappa shape index (κ2) is 8.30. The van der Waals surface area contributed by atoms with E-state index in [-0.39, 0.29) is 7.33 Å². The molecule has 2 heteroatoms. The summed E-state index contributed by atoms with van der Waals surface area (Å²) in [7, 11) is 0. The molecule has 2 nitrogen and oxygen atoms in total. The zero-order valence-electron chi connectivity index (χ0n) is 12.1. The smallest absolute Gasteiger partial charge is 0.247 e. The highest BCUT2D eigenvalue weighted by molar-refractivity contribution is 6.03. The summed E-state index contributed by atoms with van der Waals surface area (Å²) in [6.07, 6.45) is 5.96. The lowest BCUT2D eigenvalue weighted by Crippen LogP contribution is -2.25. The van der Waals surface area contributed by atoms with Crippen molar-refractivity contribution in [3.63, 3.8) is 0 Å². The summed E-state index contributed by atoms with van der Waals surface area (Å²) in [6, 6.07) is 10.1. The standard InChI is InChI=1S/C15H17NO.C2H6.H2/c1-2-16-15(17)14-11-7-6-10-13(14)12-8-4-3-5-9-12;1-2;/h3-6,8-10H,2,7,11H2,1H3,(H,16,17);1-2H3;1H. The molecule has 0 aliphatic heterocycles. The third-order valence-corrected chi connectivity index (χ3v) is 2.87. The zero-order valence-corrected chi connectivity index (χ0v) is 12.1. The van der Waals surface area contributed by atoms with Crippen LogP contribution >= 0.6 is 0 Å². The molecule has 19 heavy (non-hydrogen) atoms. The van der Waals surface area contributed by atoms with Crippen LogP contribution in [0.4, 0.5) is 0 Å². The zero-order chi connectivity index (χ0) is 14.1. The third-order valence-electron chi connectivity index (χ3n) is 2.87. The lowest BCUT2D eigenvalue weighted by molar-refractivity contribution is -0.117. The average molecular weight is 259 g/mol. The van der Waals surface area contributed by atoms with Gasteiger partial charge in [0.15, 0.2) is 0 Å². The molecule has 0 heterocycles. The Morgan fingerprint density at radius 3 is 2.58 bits per heavy atom. The third kappa shape index (κ3) is 4.09. The van der Waals surface area contributed by atoms with Gasteiger partial charge in [-0.15, -0.1) is 0 Å². The minimum atomic E-state index is 0. The summed E-state index contributed by atoms with van der Waals surface area (Å²) in [5.41, 5.74) is 3.08. The SMILES string of the molecule is CC.CCNC(=O)C1=C(c2ccccc2)C=CCC1.[HH]. The monoisotopic (exact) mass is 259 g/mol. The lowest BCUT2D eigenvalue weighted by atomic mass is 9.92. The first-order valence-electron chi connectivity index (χ1n) is 7.06. The average Bonchev–Trinajstić information content (AvgIpc) is 2.50. The van der Waals surface area contributed by atoms with E-state index >= 15 is 0 Å².